The van der Waals surface area contributed by atoms with Crippen molar-refractivity contribution in [2.45, 2.75) is 31.3 Å². The van der Waals surface area contributed by atoms with Crippen LogP contribution in [0.4, 0.5) is 0 Å². The molecule has 3 nitrogen and oxygen atoms in total. The highest BCUT2D eigenvalue weighted by Crippen LogP contribution is 2.46. The van der Waals surface area contributed by atoms with Crippen LogP contribution in [-0.4, -0.2) is 11.7 Å². The molecule has 0 amide bonds. The predicted molar refractivity (Wildman–Crippen MR) is 257 cm³/mol. The molecule has 0 bridgehead atoms. The van der Waals surface area contributed by atoms with E-state index in [0.717, 1.165) is 47.6 Å². The molecule has 0 saturated heterocycles. The first-order valence-electron chi connectivity index (χ1n) is 21.2. The van der Waals surface area contributed by atoms with Gasteiger partial charge >= 0.3 is 0 Å². The van der Waals surface area contributed by atoms with Gasteiger partial charge in [-0.3, -0.25) is 0 Å². The molecule has 0 radical (unpaired) electrons. The van der Waals surface area contributed by atoms with Crippen LogP contribution in [0.2, 0.25) is 0 Å². The summed E-state index contributed by atoms with van der Waals surface area (Å²) in [5.74, 6) is 1.94. The predicted octanol–water partition coefficient (Wildman–Crippen LogP) is 14.4. The Labute approximate surface area is 361 Å². The number of nitrogens with one attached hydrogen (secondary N) is 1. The van der Waals surface area contributed by atoms with Crippen molar-refractivity contribution in [2.24, 2.45) is 9.98 Å². The second-order valence-electron chi connectivity index (χ2n) is 16.0. The Morgan fingerprint density at radius 3 is 1.75 bits per heavy atom. The van der Waals surface area contributed by atoms with E-state index in [2.05, 4.69) is 206 Å². The van der Waals surface area contributed by atoms with Crippen LogP contribution in [0.15, 0.2) is 222 Å². The molecule has 2 atom stereocenters. The average Bonchev–Trinajstić information content (AvgIpc) is 3.73. The SMILES string of the molecule is C1=CC(C2=NC(c3ccc(C4C=C(c5cccc(-c6cc(-c7ccccc7)cc(-c7ccccc7)c6)c5)c5c(sc6ccccc56)C4)cc3)N=C(c3ccccc3)N2)=CCC1. The quantitative estimate of drug-likeness (QED) is 0.163. The van der Waals surface area contributed by atoms with E-state index in [1.165, 1.54) is 70.6 Å². The van der Waals surface area contributed by atoms with Gasteiger partial charge in [-0.2, -0.15) is 0 Å². The van der Waals surface area contributed by atoms with Crippen molar-refractivity contribution >= 4 is 38.7 Å². The van der Waals surface area contributed by atoms with Gasteiger partial charge in [0.1, 0.15) is 11.7 Å². The zero-order valence-electron chi connectivity index (χ0n) is 33.7. The van der Waals surface area contributed by atoms with E-state index < -0.39 is 0 Å². The standard InChI is InChI=1S/C57H43N3S/c1-5-16-38(17-6-1)46-33-47(39-18-7-2-8-19-39)35-48(34-46)44-24-15-25-45(32-44)51-36-49(37-53-54(51)50-26-13-14-27-52(50)61-53)40-28-30-43(31-29-40)57-59-55(41-20-9-3-10-21-41)58-56(60-57)42-22-11-4-12-23-42/h1-3,5-11,13-36,49,57H,4,12,37H2,(H,58,59,60). The first-order chi connectivity index (χ1) is 30.2. The number of aliphatic imine (C=N–C) groups is 2. The van der Waals surface area contributed by atoms with Crippen molar-refractivity contribution in [1.29, 1.82) is 0 Å². The smallest absolute Gasteiger partial charge is 0.169 e. The molecule has 1 N–H and O–H groups in total. The van der Waals surface area contributed by atoms with Crippen LogP contribution in [0.3, 0.4) is 0 Å². The molecule has 7 aromatic carbocycles. The number of benzene rings is 7. The Morgan fingerprint density at radius 2 is 1.07 bits per heavy atom. The Kier molecular flexibility index (Phi) is 9.76. The molecule has 2 heterocycles. The van der Waals surface area contributed by atoms with E-state index in [9.17, 15) is 0 Å². The van der Waals surface area contributed by atoms with Crippen molar-refractivity contribution in [1.82, 2.24) is 5.32 Å². The summed E-state index contributed by atoms with van der Waals surface area (Å²) in [5, 5.41) is 4.88. The average molecular weight is 802 g/mol. The fourth-order valence-electron chi connectivity index (χ4n) is 8.98. The number of hydrogen-bond donors (Lipinski definition) is 1. The van der Waals surface area contributed by atoms with Gasteiger partial charge in [-0.05, 0) is 105 Å². The van der Waals surface area contributed by atoms with Gasteiger partial charge in [0.15, 0.2) is 6.17 Å². The number of rotatable bonds is 8. The Morgan fingerprint density at radius 1 is 0.492 bits per heavy atom. The minimum atomic E-state index is -0.339. The summed E-state index contributed by atoms with van der Waals surface area (Å²) in [6.45, 7) is 0. The van der Waals surface area contributed by atoms with Crippen LogP contribution in [0.5, 0.6) is 0 Å². The maximum atomic E-state index is 5.17. The van der Waals surface area contributed by atoms with E-state index in [1.54, 1.807) is 0 Å². The van der Waals surface area contributed by atoms with E-state index in [1.807, 2.05) is 17.4 Å². The van der Waals surface area contributed by atoms with Crippen LogP contribution in [-0.2, 0) is 6.42 Å². The largest absolute Gasteiger partial charge is 0.324 e. The van der Waals surface area contributed by atoms with Crippen molar-refractivity contribution in [3.63, 3.8) is 0 Å². The third-order valence-electron chi connectivity index (χ3n) is 12.1. The molecular formula is C57H43N3S. The van der Waals surface area contributed by atoms with Crippen LogP contribution < -0.4 is 5.32 Å². The summed E-state index contributed by atoms with van der Waals surface area (Å²) in [6.07, 6.45) is 11.9. The number of fused-ring (bicyclic) bond motifs is 3. The molecule has 1 aromatic heterocycles. The van der Waals surface area contributed by atoms with Gasteiger partial charge in [0.05, 0.1) is 0 Å². The third kappa shape index (κ3) is 7.41. The molecule has 0 saturated carbocycles. The lowest BCUT2D eigenvalue weighted by molar-refractivity contribution is 0.752. The van der Waals surface area contributed by atoms with Gasteiger partial charge in [-0.25, -0.2) is 9.98 Å². The maximum absolute atomic E-state index is 5.17. The zero-order chi connectivity index (χ0) is 40.5. The van der Waals surface area contributed by atoms with Crippen molar-refractivity contribution < 1.29 is 0 Å². The van der Waals surface area contributed by atoms with Crippen molar-refractivity contribution in [3.05, 3.63) is 245 Å². The van der Waals surface area contributed by atoms with E-state index in [0.29, 0.717) is 0 Å². The maximum Gasteiger partial charge on any atom is 0.169 e. The molecule has 292 valence electrons. The lowest BCUT2D eigenvalue weighted by Gasteiger charge is -2.25. The molecule has 2 unspecified atom stereocenters. The van der Waals surface area contributed by atoms with Crippen molar-refractivity contribution in [2.75, 3.05) is 0 Å². The highest BCUT2D eigenvalue weighted by atomic mass is 32.1. The second-order valence-corrected chi connectivity index (χ2v) is 17.2. The molecule has 3 aliphatic rings. The summed E-state index contributed by atoms with van der Waals surface area (Å²) in [4.78, 5) is 11.8. The zero-order valence-corrected chi connectivity index (χ0v) is 34.5. The molecule has 61 heavy (non-hydrogen) atoms. The molecule has 11 rings (SSSR count). The summed E-state index contributed by atoms with van der Waals surface area (Å²) in [7, 11) is 0. The topological polar surface area (TPSA) is 36.8 Å². The van der Waals surface area contributed by atoms with Gasteiger partial charge < -0.3 is 5.32 Å². The lowest BCUT2D eigenvalue weighted by atomic mass is 9.81. The molecular weight excluding hydrogens is 759 g/mol. The fraction of sp³-hybridized carbons (Fsp3) is 0.0877. The fourth-order valence-corrected chi connectivity index (χ4v) is 10.3. The molecule has 0 fully saturated rings. The molecule has 4 heteroatoms. The summed E-state index contributed by atoms with van der Waals surface area (Å²) in [5.41, 5.74) is 15.7. The number of hydrogen-bond acceptors (Lipinski definition) is 4. The monoisotopic (exact) mass is 801 g/mol. The Hall–Kier alpha value is -7.14. The van der Waals surface area contributed by atoms with Gasteiger partial charge in [0, 0.05) is 37.6 Å². The minimum Gasteiger partial charge on any atom is -0.324 e. The number of thiophene rings is 1. The highest BCUT2D eigenvalue weighted by Gasteiger charge is 2.27. The summed E-state index contributed by atoms with van der Waals surface area (Å²) in [6, 6.07) is 66.0. The second kappa shape index (κ2) is 16.1. The van der Waals surface area contributed by atoms with Gasteiger partial charge in [0.25, 0.3) is 0 Å². The van der Waals surface area contributed by atoms with Crippen LogP contribution in [0.1, 0.15) is 57.6 Å². The lowest BCUT2D eigenvalue weighted by Crippen LogP contribution is -2.36. The molecule has 8 aromatic rings. The van der Waals surface area contributed by atoms with Crippen LogP contribution >= 0.6 is 11.3 Å². The molecule has 0 spiro atoms. The van der Waals surface area contributed by atoms with Gasteiger partial charge in [0.2, 0.25) is 0 Å². The van der Waals surface area contributed by atoms with Gasteiger partial charge in [-0.15, -0.1) is 11.3 Å². The minimum absolute atomic E-state index is 0.215. The number of allylic oxidation sites excluding steroid dienone is 3. The first-order valence-corrected chi connectivity index (χ1v) is 22.1. The van der Waals surface area contributed by atoms with Crippen molar-refractivity contribution in [3.8, 4) is 33.4 Å². The van der Waals surface area contributed by atoms with E-state index in [4.69, 9.17) is 9.98 Å². The van der Waals surface area contributed by atoms with Crippen LogP contribution in [0.25, 0.3) is 49.0 Å². The Balaban J connectivity index is 0.977. The normalized spacial score (nSPS) is 17.1. The number of nitrogens with zero attached hydrogens (tertiary/aromatic N) is 2. The number of amidine groups is 2. The molecule has 1 aliphatic heterocycles. The summed E-state index contributed by atoms with van der Waals surface area (Å²) >= 11 is 1.94. The summed E-state index contributed by atoms with van der Waals surface area (Å²) < 4.78 is 1.34. The Bertz CT molecular complexity index is 3000. The van der Waals surface area contributed by atoms with Crippen LogP contribution in [0, 0.1) is 0 Å². The molecule has 2 aliphatic carbocycles. The van der Waals surface area contributed by atoms with Gasteiger partial charge in [-0.1, -0.05) is 176 Å². The third-order valence-corrected chi connectivity index (χ3v) is 13.3. The van der Waals surface area contributed by atoms with E-state index in [-0.39, 0.29) is 12.1 Å². The van der Waals surface area contributed by atoms with E-state index >= 15 is 0 Å². The first kappa shape index (κ1) is 36.9. The highest BCUT2D eigenvalue weighted by molar-refractivity contribution is 7.19.